The third-order valence-corrected chi connectivity index (χ3v) is 19.0. The van der Waals surface area contributed by atoms with E-state index in [9.17, 15) is 19.0 Å². The van der Waals surface area contributed by atoms with E-state index in [0.29, 0.717) is 51.1 Å². The number of allylic oxidation sites excluding steroid dienone is 3. The second kappa shape index (κ2) is 13.8. The Kier molecular flexibility index (Phi) is 10.3. The van der Waals surface area contributed by atoms with Crippen LogP contribution in [0.2, 0.25) is 0 Å². The Labute approximate surface area is 317 Å². The fourth-order valence-electron chi connectivity index (χ4n) is 14.4. The molecule has 4 N–H and O–H groups in total. The van der Waals surface area contributed by atoms with E-state index in [4.69, 9.17) is 0 Å². The number of rotatable bonds is 10. The SMILES string of the molecule is C=C(C)[C@@H]1CC[C@]2(CNCCCCN3CCS(O)(O)CC3)CC[C@]3(C)[C@H](CC[C@@H]4[C@@]5(C)CC=C(c6ccc(C(=O)O)cc6)C(C)(C)[C@@H]5CC[C@]43C)[C@@H]12. The lowest BCUT2D eigenvalue weighted by Gasteiger charge is -2.72. The number of fused-ring (bicyclic) bond motifs is 7. The maximum absolute atomic E-state index is 11.6. The Hall–Kier alpha value is -1.64. The van der Waals surface area contributed by atoms with Crippen molar-refractivity contribution < 1.29 is 19.0 Å². The first-order valence-corrected chi connectivity index (χ1v) is 22.7. The lowest BCUT2D eigenvalue weighted by atomic mass is 9.32. The lowest BCUT2D eigenvalue weighted by Crippen LogP contribution is -2.65. The quantitative estimate of drug-likeness (QED) is 0.141. The van der Waals surface area contributed by atoms with Crippen LogP contribution in [0, 0.1) is 56.7 Å². The molecule has 5 aliphatic carbocycles. The van der Waals surface area contributed by atoms with Crippen molar-refractivity contribution in [2.45, 2.75) is 112 Å². The molecule has 1 heterocycles. The van der Waals surface area contributed by atoms with Crippen LogP contribution in [0.3, 0.4) is 0 Å². The van der Waals surface area contributed by atoms with E-state index < -0.39 is 16.6 Å². The first kappa shape index (κ1) is 38.6. The van der Waals surface area contributed by atoms with Crippen LogP contribution in [0.15, 0.2) is 42.5 Å². The smallest absolute Gasteiger partial charge is 0.335 e. The molecular formula is C45H70N2O4S. The first-order valence-electron chi connectivity index (χ1n) is 20.8. The monoisotopic (exact) mass is 735 g/mol. The van der Waals surface area contributed by atoms with Gasteiger partial charge >= 0.3 is 5.97 Å². The van der Waals surface area contributed by atoms with Crippen molar-refractivity contribution in [3.05, 3.63) is 53.6 Å². The number of benzene rings is 1. The summed E-state index contributed by atoms with van der Waals surface area (Å²) in [6.45, 7) is 25.0. The molecule has 0 spiro atoms. The largest absolute Gasteiger partial charge is 0.478 e. The molecule has 7 heteroatoms. The van der Waals surface area contributed by atoms with Gasteiger partial charge in [-0.15, -0.1) is 0 Å². The second-order valence-electron chi connectivity index (χ2n) is 19.9. The maximum atomic E-state index is 11.6. The van der Waals surface area contributed by atoms with Gasteiger partial charge in [-0.05, 0) is 171 Å². The Morgan fingerprint density at radius 3 is 2.29 bits per heavy atom. The first-order chi connectivity index (χ1) is 24.5. The van der Waals surface area contributed by atoms with Gasteiger partial charge in [-0.2, -0.15) is 10.6 Å². The molecule has 7 rings (SSSR count). The third-order valence-electron chi connectivity index (χ3n) is 17.3. The Bertz CT molecular complexity index is 1540. The molecule has 6 aliphatic rings. The molecule has 0 radical (unpaired) electrons. The fraction of sp³-hybridized carbons (Fsp3) is 0.756. The summed E-state index contributed by atoms with van der Waals surface area (Å²) in [4.78, 5) is 14.0. The predicted molar refractivity (Wildman–Crippen MR) is 217 cm³/mol. The fourth-order valence-corrected chi connectivity index (χ4v) is 15.7. The third kappa shape index (κ3) is 6.29. The maximum Gasteiger partial charge on any atom is 0.335 e. The zero-order valence-electron chi connectivity index (χ0n) is 33.3. The van der Waals surface area contributed by atoms with Crippen molar-refractivity contribution in [3.63, 3.8) is 0 Å². The predicted octanol–water partition coefficient (Wildman–Crippen LogP) is 10.5. The summed E-state index contributed by atoms with van der Waals surface area (Å²) in [6, 6.07) is 7.63. The molecule has 1 aromatic rings. The van der Waals surface area contributed by atoms with E-state index in [2.05, 4.69) is 64.4 Å². The normalized spacial score (nSPS) is 41.5. The summed E-state index contributed by atoms with van der Waals surface area (Å²) < 4.78 is 19.9. The van der Waals surface area contributed by atoms with Crippen LogP contribution in [0.25, 0.3) is 5.57 Å². The molecule has 0 unspecified atom stereocenters. The number of hydrogen-bond acceptors (Lipinski definition) is 5. The van der Waals surface area contributed by atoms with Crippen LogP contribution in [0.1, 0.15) is 128 Å². The highest BCUT2D eigenvalue weighted by Gasteiger charge is 2.70. The molecule has 290 valence electrons. The van der Waals surface area contributed by atoms with Crippen molar-refractivity contribution in [2.24, 2.45) is 56.7 Å². The van der Waals surface area contributed by atoms with Crippen LogP contribution < -0.4 is 5.32 Å². The number of hydrogen-bond donors (Lipinski definition) is 4. The average Bonchev–Trinajstić information content (AvgIpc) is 3.47. The summed E-state index contributed by atoms with van der Waals surface area (Å²) >= 11 is 0. The van der Waals surface area contributed by atoms with Crippen molar-refractivity contribution in [1.29, 1.82) is 0 Å². The summed E-state index contributed by atoms with van der Waals surface area (Å²) in [5.74, 6) is 3.63. The molecule has 52 heavy (non-hydrogen) atoms. The molecule has 4 saturated carbocycles. The van der Waals surface area contributed by atoms with E-state index in [1.807, 2.05) is 12.1 Å². The number of nitrogens with one attached hydrogen (secondary N) is 1. The number of carboxylic acids is 1. The van der Waals surface area contributed by atoms with Gasteiger partial charge in [-0.1, -0.05) is 65.0 Å². The van der Waals surface area contributed by atoms with Crippen LogP contribution >= 0.6 is 10.6 Å². The highest BCUT2D eigenvalue weighted by Crippen LogP contribution is 2.77. The van der Waals surface area contributed by atoms with Crippen molar-refractivity contribution in [3.8, 4) is 0 Å². The number of unbranched alkanes of at least 4 members (excludes halogenated alkanes) is 1. The molecule has 1 saturated heterocycles. The van der Waals surface area contributed by atoms with Gasteiger partial charge in [0.15, 0.2) is 0 Å². The van der Waals surface area contributed by atoms with Crippen LogP contribution in [-0.2, 0) is 0 Å². The zero-order valence-corrected chi connectivity index (χ0v) is 34.1. The van der Waals surface area contributed by atoms with Crippen LogP contribution in [-0.4, -0.2) is 69.3 Å². The molecule has 9 atom stereocenters. The highest BCUT2D eigenvalue weighted by atomic mass is 32.3. The Balaban J connectivity index is 1.07. The summed E-state index contributed by atoms with van der Waals surface area (Å²) in [7, 11) is -2.32. The van der Waals surface area contributed by atoms with E-state index >= 15 is 0 Å². The molecular weight excluding hydrogens is 665 g/mol. The number of carbonyl (C=O) groups is 1. The van der Waals surface area contributed by atoms with Crippen molar-refractivity contribution in [1.82, 2.24) is 10.2 Å². The van der Waals surface area contributed by atoms with Gasteiger partial charge in [0, 0.05) is 19.6 Å². The molecule has 0 bridgehead atoms. The van der Waals surface area contributed by atoms with Gasteiger partial charge in [0.05, 0.1) is 17.1 Å². The van der Waals surface area contributed by atoms with Gasteiger partial charge in [-0.25, -0.2) is 4.79 Å². The van der Waals surface area contributed by atoms with E-state index in [1.54, 1.807) is 12.1 Å². The summed E-state index contributed by atoms with van der Waals surface area (Å²) in [5, 5.41) is 13.5. The molecule has 1 aromatic carbocycles. The molecule has 5 fully saturated rings. The zero-order chi connectivity index (χ0) is 37.3. The Morgan fingerprint density at radius 2 is 1.62 bits per heavy atom. The topological polar surface area (TPSA) is 93.0 Å². The second-order valence-corrected chi connectivity index (χ2v) is 22.3. The van der Waals surface area contributed by atoms with Gasteiger partial charge in [0.1, 0.15) is 0 Å². The van der Waals surface area contributed by atoms with Crippen molar-refractivity contribution in [2.75, 3.05) is 44.2 Å². The molecule has 0 aromatic heterocycles. The minimum atomic E-state index is -2.32. The number of carboxylic acid groups (broad SMARTS) is 1. The average molecular weight is 735 g/mol. The van der Waals surface area contributed by atoms with Gasteiger partial charge < -0.3 is 15.3 Å². The minimum absolute atomic E-state index is 0.0280. The van der Waals surface area contributed by atoms with Gasteiger partial charge in [0.2, 0.25) is 0 Å². The van der Waals surface area contributed by atoms with Gasteiger partial charge in [0.25, 0.3) is 0 Å². The van der Waals surface area contributed by atoms with E-state index in [1.165, 1.54) is 80.9 Å². The van der Waals surface area contributed by atoms with Crippen molar-refractivity contribution >= 4 is 22.1 Å². The summed E-state index contributed by atoms with van der Waals surface area (Å²) in [6.07, 6.45) is 16.6. The van der Waals surface area contributed by atoms with Gasteiger partial charge in [-0.3, -0.25) is 9.11 Å². The number of nitrogens with zero attached hydrogens (tertiary/aromatic N) is 1. The number of aromatic carboxylic acids is 1. The summed E-state index contributed by atoms with van der Waals surface area (Å²) in [5.41, 5.74) is 5.67. The van der Waals surface area contributed by atoms with Crippen LogP contribution in [0.4, 0.5) is 0 Å². The lowest BCUT2D eigenvalue weighted by molar-refractivity contribution is -0.225. The molecule has 0 amide bonds. The van der Waals surface area contributed by atoms with E-state index in [0.717, 1.165) is 51.0 Å². The molecule has 6 nitrogen and oxygen atoms in total. The highest BCUT2D eigenvalue weighted by molar-refractivity contribution is 8.24. The van der Waals surface area contributed by atoms with E-state index in [-0.39, 0.29) is 10.8 Å². The standard InChI is InChI=1S/C45H70N2O4S/c1-31(2)34-16-21-45(30-46-24-8-9-25-47-26-28-52(50,51)29-27-47)23-22-43(6)36(39(34)45)14-15-38-42(5)19-17-35(32-10-12-33(13-11-32)40(48)49)41(3,4)37(42)18-20-44(38,43)7/h10-13,17,34,36-39,46,50-51H,1,8-9,14-16,18-30H2,2-7H3,(H,48,49)/t34-,36+,37-,38+,39+,42-,43+,44+,45+/m0/s1. The van der Waals surface area contributed by atoms with Crippen LogP contribution in [0.5, 0.6) is 0 Å². The Morgan fingerprint density at radius 1 is 0.904 bits per heavy atom. The molecule has 1 aliphatic heterocycles. The minimum Gasteiger partial charge on any atom is -0.478 e.